The fourth-order valence-electron chi connectivity index (χ4n) is 3.98. The number of amides is 2. The van der Waals surface area contributed by atoms with Gasteiger partial charge in [-0.2, -0.15) is 0 Å². The predicted octanol–water partition coefficient (Wildman–Crippen LogP) is 3.09. The molecule has 28 heavy (non-hydrogen) atoms. The molecule has 3 heterocycles. The molecule has 0 aliphatic carbocycles. The number of halogens is 1. The molecule has 0 radical (unpaired) electrons. The Bertz CT molecular complexity index is 809. The van der Waals surface area contributed by atoms with Crippen molar-refractivity contribution in [2.45, 2.75) is 12.8 Å². The van der Waals surface area contributed by atoms with Crippen LogP contribution in [0.3, 0.4) is 0 Å². The standard InChI is InChI=1S/C21H24FN3O2S/c22-17-3-5-18(6-4-17)23-11-13-25(14-12-23)20(26)16-7-9-24(10-8-16)21(27)19-2-1-15-28-19/h1-6,15-16H,7-14H2. The average Bonchev–Trinajstić information content (AvgIpc) is 3.28. The molecule has 2 aromatic rings. The van der Waals surface area contributed by atoms with Crippen molar-refractivity contribution in [1.82, 2.24) is 9.80 Å². The molecule has 2 saturated heterocycles. The van der Waals surface area contributed by atoms with E-state index in [1.165, 1.54) is 23.5 Å². The number of thiophene rings is 1. The Hall–Kier alpha value is -2.41. The molecule has 1 aromatic carbocycles. The average molecular weight is 402 g/mol. The lowest BCUT2D eigenvalue weighted by molar-refractivity contribution is -0.137. The molecule has 2 aliphatic heterocycles. The fourth-order valence-corrected chi connectivity index (χ4v) is 4.67. The van der Waals surface area contributed by atoms with E-state index in [1.54, 1.807) is 12.1 Å². The van der Waals surface area contributed by atoms with Gasteiger partial charge < -0.3 is 14.7 Å². The molecule has 0 bridgehead atoms. The lowest BCUT2D eigenvalue weighted by Gasteiger charge is -2.39. The number of nitrogens with zero attached hydrogens (tertiary/aromatic N) is 3. The van der Waals surface area contributed by atoms with E-state index in [0.717, 1.165) is 36.5 Å². The molecule has 0 saturated carbocycles. The maximum Gasteiger partial charge on any atom is 0.263 e. The highest BCUT2D eigenvalue weighted by Crippen LogP contribution is 2.24. The van der Waals surface area contributed by atoms with E-state index in [9.17, 15) is 14.0 Å². The van der Waals surface area contributed by atoms with E-state index in [4.69, 9.17) is 0 Å². The largest absolute Gasteiger partial charge is 0.368 e. The van der Waals surface area contributed by atoms with Gasteiger partial charge in [0.25, 0.3) is 5.91 Å². The zero-order chi connectivity index (χ0) is 19.5. The van der Waals surface area contributed by atoms with Crippen LogP contribution < -0.4 is 4.90 Å². The minimum atomic E-state index is -0.235. The van der Waals surface area contributed by atoms with Crippen LogP contribution in [0.15, 0.2) is 41.8 Å². The number of hydrogen-bond donors (Lipinski definition) is 0. The molecule has 5 nitrogen and oxygen atoms in total. The van der Waals surface area contributed by atoms with Crippen molar-refractivity contribution in [2.75, 3.05) is 44.2 Å². The predicted molar refractivity (Wildman–Crippen MR) is 108 cm³/mol. The van der Waals surface area contributed by atoms with Gasteiger partial charge in [-0.1, -0.05) is 6.07 Å². The number of benzene rings is 1. The van der Waals surface area contributed by atoms with Crippen LogP contribution >= 0.6 is 11.3 Å². The van der Waals surface area contributed by atoms with Crippen LogP contribution in [-0.4, -0.2) is 60.9 Å². The molecule has 148 valence electrons. The smallest absolute Gasteiger partial charge is 0.263 e. The lowest BCUT2D eigenvalue weighted by Crippen LogP contribution is -2.52. The molecule has 2 amide bonds. The van der Waals surface area contributed by atoms with Crippen LogP contribution in [0, 0.1) is 11.7 Å². The lowest BCUT2D eigenvalue weighted by atomic mass is 9.94. The number of carbonyl (C=O) groups excluding carboxylic acids is 2. The summed E-state index contributed by atoms with van der Waals surface area (Å²) in [5.41, 5.74) is 0.994. The van der Waals surface area contributed by atoms with Gasteiger partial charge in [-0.3, -0.25) is 9.59 Å². The highest BCUT2D eigenvalue weighted by molar-refractivity contribution is 7.12. The molecule has 0 atom stereocenters. The first-order chi connectivity index (χ1) is 13.6. The van der Waals surface area contributed by atoms with Crippen molar-refractivity contribution in [2.24, 2.45) is 5.92 Å². The van der Waals surface area contributed by atoms with Crippen molar-refractivity contribution in [1.29, 1.82) is 0 Å². The first-order valence-corrected chi connectivity index (χ1v) is 10.6. The zero-order valence-electron chi connectivity index (χ0n) is 15.7. The van der Waals surface area contributed by atoms with Crippen LogP contribution in [0.5, 0.6) is 0 Å². The number of piperazine rings is 1. The van der Waals surface area contributed by atoms with Crippen molar-refractivity contribution < 1.29 is 14.0 Å². The zero-order valence-corrected chi connectivity index (χ0v) is 16.5. The Morgan fingerprint density at radius 2 is 1.57 bits per heavy atom. The van der Waals surface area contributed by atoms with Gasteiger partial charge in [0.1, 0.15) is 5.82 Å². The van der Waals surface area contributed by atoms with Gasteiger partial charge in [-0.15, -0.1) is 11.3 Å². The van der Waals surface area contributed by atoms with Gasteiger partial charge in [-0.25, -0.2) is 4.39 Å². The van der Waals surface area contributed by atoms with Gasteiger partial charge in [0.2, 0.25) is 5.91 Å². The summed E-state index contributed by atoms with van der Waals surface area (Å²) in [6.07, 6.45) is 1.46. The second-order valence-electron chi connectivity index (χ2n) is 7.33. The SMILES string of the molecule is O=C(c1cccs1)N1CCC(C(=O)N2CCN(c3ccc(F)cc3)CC2)CC1. The van der Waals surface area contributed by atoms with Crippen LogP contribution in [0.2, 0.25) is 0 Å². The van der Waals surface area contributed by atoms with E-state index in [-0.39, 0.29) is 23.5 Å². The molecule has 0 spiro atoms. The number of carbonyl (C=O) groups is 2. The minimum Gasteiger partial charge on any atom is -0.368 e. The summed E-state index contributed by atoms with van der Waals surface area (Å²) in [4.78, 5) is 32.1. The molecule has 4 rings (SSSR count). The quantitative estimate of drug-likeness (QED) is 0.794. The highest BCUT2D eigenvalue weighted by atomic mass is 32.1. The van der Waals surface area contributed by atoms with Crippen LogP contribution in [0.25, 0.3) is 0 Å². The Labute approximate surface area is 168 Å². The first kappa shape index (κ1) is 18.9. The minimum absolute atomic E-state index is 0.00440. The number of rotatable bonds is 3. The van der Waals surface area contributed by atoms with E-state index < -0.39 is 0 Å². The van der Waals surface area contributed by atoms with Gasteiger partial charge in [-0.05, 0) is 48.6 Å². The number of likely N-dealkylation sites (tertiary alicyclic amines) is 1. The molecule has 2 fully saturated rings. The van der Waals surface area contributed by atoms with Crippen LogP contribution in [0.1, 0.15) is 22.5 Å². The topological polar surface area (TPSA) is 43.9 Å². The van der Waals surface area contributed by atoms with Crippen LogP contribution in [0.4, 0.5) is 10.1 Å². The molecule has 0 N–H and O–H groups in total. The Morgan fingerprint density at radius 3 is 2.18 bits per heavy atom. The van der Waals surface area contributed by atoms with Gasteiger partial charge in [0.05, 0.1) is 4.88 Å². The monoisotopic (exact) mass is 401 g/mol. The van der Waals surface area contributed by atoms with E-state index >= 15 is 0 Å². The van der Waals surface area contributed by atoms with Crippen molar-refractivity contribution in [3.8, 4) is 0 Å². The maximum atomic E-state index is 13.1. The normalized spacial score (nSPS) is 18.4. The first-order valence-electron chi connectivity index (χ1n) is 9.74. The molecule has 1 aromatic heterocycles. The second-order valence-corrected chi connectivity index (χ2v) is 8.28. The van der Waals surface area contributed by atoms with Crippen LogP contribution in [-0.2, 0) is 4.79 Å². The van der Waals surface area contributed by atoms with Gasteiger partial charge in [0.15, 0.2) is 0 Å². The Morgan fingerprint density at radius 1 is 0.893 bits per heavy atom. The van der Waals surface area contributed by atoms with Gasteiger partial charge in [0, 0.05) is 50.9 Å². The Kier molecular flexibility index (Phi) is 5.62. The molecule has 0 unspecified atom stereocenters. The highest BCUT2D eigenvalue weighted by Gasteiger charge is 2.32. The summed E-state index contributed by atoms with van der Waals surface area (Å²) in [5.74, 6) is 0.0574. The number of hydrogen-bond acceptors (Lipinski definition) is 4. The summed E-state index contributed by atoms with van der Waals surface area (Å²) < 4.78 is 13.1. The third-order valence-corrected chi connectivity index (χ3v) is 6.50. The third-order valence-electron chi connectivity index (χ3n) is 5.65. The van der Waals surface area contributed by atoms with Crippen molar-refractivity contribution in [3.63, 3.8) is 0 Å². The summed E-state index contributed by atoms with van der Waals surface area (Å²) >= 11 is 1.46. The molecule has 2 aliphatic rings. The summed E-state index contributed by atoms with van der Waals surface area (Å²) in [6.45, 7) is 4.17. The molecular formula is C21H24FN3O2S. The van der Waals surface area contributed by atoms with E-state index in [0.29, 0.717) is 26.2 Å². The summed E-state index contributed by atoms with van der Waals surface area (Å²) in [7, 11) is 0. The maximum absolute atomic E-state index is 13.1. The third kappa shape index (κ3) is 4.04. The van der Waals surface area contributed by atoms with Crippen molar-refractivity contribution >= 4 is 28.8 Å². The van der Waals surface area contributed by atoms with E-state index in [1.807, 2.05) is 27.3 Å². The molecule has 7 heteroatoms. The Balaban J connectivity index is 1.27. The van der Waals surface area contributed by atoms with Crippen molar-refractivity contribution in [3.05, 3.63) is 52.5 Å². The number of piperidine rings is 1. The summed E-state index contributed by atoms with van der Waals surface area (Å²) in [6, 6.07) is 10.3. The number of anilines is 1. The second kappa shape index (κ2) is 8.31. The molecular weight excluding hydrogens is 377 g/mol. The summed E-state index contributed by atoms with van der Waals surface area (Å²) in [5, 5.41) is 1.91. The van der Waals surface area contributed by atoms with E-state index in [2.05, 4.69) is 4.90 Å². The van der Waals surface area contributed by atoms with Gasteiger partial charge >= 0.3 is 0 Å². The fraction of sp³-hybridized carbons (Fsp3) is 0.429.